The summed E-state index contributed by atoms with van der Waals surface area (Å²) in [6.07, 6.45) is 6.30. The Bertz CT molecular complexity index is 1270. The molecule has 0 aliphatic heterocycles. The molecule has 0 aliphatic rings. The van der Waals surface area contributed by atoms with Crippen LogP contribution in [0.2, 0.25) is 0 Å². The van der Waals surface area contributed by atoms with Crippen LogP contribution in [0.3, 0.4) is 0 Å². The maximum absolute atomic E-state index is 5.89. The molecule has 0 saturated heterocycles. The number of fused-ring (bicyclic) bond motifs is 1. The monoisotopic (exact) mass is 407 g/mol. The first-order valence-corrected chi connectivity index (χ1v) is 10.2. The van der Waals surface area contributed by atoms with Crippen LogP contribution in [0.5, 0.6) is 11.5 Å². The summed E-state index contributed by atoms with van der Waals surface area (Å²) in [4.78, 5) is 8.92. The van der Waals surface area contributed by atoms with E-state index in [1.165, 1.54) is 0 Å². The Morgan fingerprint density at radius 1 is 0.774 bits per heavy atom. The summed E-state index contributed by atoms with van der Waals surface area (Å²) in [5.41, 5.74) is 3.87. The van der Waals surface area contributed by atoms with Crippen LogP contribution in [0.1, 0.15) is 5.69 Å². The van der Waals surface area contributed by atoms with E-state index in [-0.39, 0.29) is 0 Å². The fourth-order valence-corrected chi connectivity index (χ4v) is 3.42. The molecular weight excluding hydrogens is 386 g/mol. The lowest BCUT2D eigenvalue weighted by molar-refractivity contribution is 0.483. The van der Waals surface area contributed by atoms with E-state index < -0.39 is 0 Å². The van der Waals surface area contributed by atoms with Crippen LogP contribution in [0.15, 0.2) is 97.5 Å². The van der Waals surface area contributed by atoms with E-state index in [9.17, 15) is 0 Å². The first-order valence-electron chi connectivity index (χ1n) is 10.2. The van der Waals surface area contributed by atoms with Crippen molar-refractivity contribution in [3.8, 4) is 22.6 Å². The maximum Gasteiger partial charge on any atom is 0.165 e. The van der Waals surface area contributed by atoms with Gasteiger partial charge in [-0.2, -0.15) is 9.61 Å². The molecule has 5 aromatic rings. The summed E-state index contributed by atoms with van der Waals surface area (Å²) >= 11 is 0. The Balaban J connectivity index is 1.33. The molecule has 0 radical (unpaired) electrons. The lowest BCUT2D eigenvalue weighted by atomic mass is 10.1. The number of nitrogens with zero attached hydrogens (tertiary/aromatic N) is 4. The van der Waals surface area contributed by atoms with Crippen molar-refractivity contribution in [3.63, 3.8) is 0 Å². The second kappa shape index (κ2) is 8.67. The van der Waals surface area contributed by atoms with Gasteiger partial charge < -0.3 is 10.1 Å². The van der Waals surface area contributed by atoms with Crippen molar-refractivity contribution >= 4 is 11.5 Å². The zero-order valence-corrected chi connectivity index (χ0v) is 16.8. The van der Waals surface area contributed by atoms with Crippen molar-refractivity contribution in [1.82, 2.24) is 19.6 Å². The number of nitrogens with one attached hydrogen (secondary N) is 1. The van der Waals surface area contributed by atoms with Crippen LogP contribution < -0.4 is 10.1 Å². The highest BCUT2D eigenvalue weighted by Crippen LogP contribution is 2.28. The molecule has 6 nitrogen and oxygen atoms in total. The predicted molar refractivity (Wildman–Crippen MR) is 121 cm³/mol. The molecule has 152 valence electrons. The Hall–Kier alpha value is -4.19. The third-order valence-corrected chi connectivity index (χ3v) is 4.96. The standard InChI is InChI=1S/C25H21N5O/c1-2-7-21(8-3-1)31-22-11-9-19(10-12-22)23-18-29-30-24(14-17-28-25(23)30)27-16-13-20-6-4-5-15-26-20/h1-12,14-15,17-18,27H,13,16H2. The first kappa shape index (κ1) is 18.8. The molecule has 3 heterocycles. The van der Waals surface area contributed by atoms with Gasteiger partial charge >= 0.3 is 0 Å². The summed E-state index contributed by atoms with van der Waals surface area (Å²) in [7, 11) is 0. The molecule has 0 fully saturated rings. The molecule has 0 aliphatic carbocycles. The van der Waals surface area contributed by atoms with Gasteiger partial charge in [-0.3, -0.25) is 4.98 Å². The molecule has 3 aromatic heterocycles. The number of anilines is 1. The van der Waals surface area contributed by atoms with Crippen LogP contribution >= 0.6 is 0 Å². The van der Waals surface area contributed by atoms with Crippen LogP contribution in [0, 0.1) is 0 Å². The predicted octanol–water partition coefficient (Wildman–Crippen LogP) is 5.24. The molecule has 0 bridgehead atoms. The number of benzene rings is 2. The summed E-state index contributed by atoms with van der Waals surface area (Å²) < 4.78 is 7.72. The SMILES string of the molecule is c1ccc(Oc2ccc(-c3cnn4c(NCCc5ccccn5)ccnc34)cc2)cc1. The minimum absolute atomic E-state index is 0.761. The average Bonchev–Trinajstić information content (AvgIpc) is 3.26. The number of ether oxygens (including phenoxy) is 1. The van der Waals surface area contributed by atoms with Crippen molar-refractivity contribution in [2.45, 2.75) is 6.42 Å². The molecule has 0 atom stereocenters. The van der Waals surface area contributed by atoms with E-state index in [0.717, 1.165) is 52.8 Å². The van der Waals surface area contributed by atoms with Gasteiger partial charge in [0.25, 0.3) is 0 Å². The normalized spacial score (nSPS) is 10.8. The fraction of sp³-hybridized carbons (Fsp3) is 0.0800. The van der Waals surface area contributed by atoms with Crippen LogP contribution in [-0.4, -0.2) is 26.1 Å². The van der Waals surface area contributed by atoms with Gasteiger partial charge in [-0.05, 0) is 48.0 Å². The molecule has 31 heavy (non-hydrogen) atoms. The van der Waals surface area contributed by atoms with E-state index in [1.54, 1.807) is 6.20 Å². The van der Waals surface area contributed by atoms with E-state index in [2.05, 4.69) is 20.4 Å². The Morgan fingerprint density at radius 2 is 1.58 bits per heavy atom. The first-order chi connectivity index (χ1) is 15.4. The van der Waals surface area contributed by atoms with Crippen LogP contribution in [0.25, 0.3) is 16.8 Å². The summed E-state index contributed by atoms with van der Waals surface area (Å²) in [5.74, 6) is 2.50. The van der Waals surface area contributed by atoms with E-state index in [0.29, 0.717) is 0 Å². The molecule has 0 spiro atoms. The third kappa shape index (κ3) is 4.23. The van der Waals surface area contributed by atoms with Gasteiger partial charge in [0.2, 0.25) is 0 Å². The number of pyridine rings is 1. The van der Waals surface area contributed by atoms with Gasteiger partial charge in [0.1, 0.15) is 17.3 Å². The van der Waals surface area contributed by atoms with Gasteiger partial charge in [0.15, 0.2) is 5.65 Å². The summed E-state index contributed by atoms with van der Waals surface area (Å²) in [6.45, 7) is 0.761. The smallest absolute Gasteiger partial charge is 0.165 e. The van der Waals surface area contributed by atoms with Crippen LogP contribution in [0.4, 0.5) is 5.82 Å². The van der Waals surface area contributed by atoms with E-state index >= 15 is 0 Å². The topological polar surface area (TPSA) is 64.3 Å². The number of aromatic nitrogens is 4. The van der Waals surface area contributed by atoms with Crippen molar-refractivity contribution in [1.29, 1.82) is 0 Å². The minimum Gasteiger partial charge on any atom is -0.457 e. The number of hydrogen-bond donors (Lipinski definition) is 1. The van der Waals surface area contributed by atoms with E-state index in [4.69, 9.17) is 4.74 Å². The third-order valence-electron chi connectivity index (χ3n) is 4.96. The highest BCUT2D eigenvalue weighted by molar-refractivity contribution is 5.78. The molecule has 0 unspecified atom stereocenters. The largest absolute Gasteiger partial charge is 0.457 e. The van der Waals surface area contributed by atoms with Gasteiger partial charge in [-0.15, -0.1) is 0 Å². The zero-order chi connectivity index (χ0) is 20.9. The van der Waals surface area contributed by atoms with E-state index in [1.807, 2.05) is 95.8 Å². The Morgan fingerprint density at radius 3 is 2.39 bits per heavy atom. The van der Waals surface area contributed by atoms with Gasteiger partial charge in [-0.1, -0.05) is 36.4 Å². The van der Waals surface area contributed by atoms with Gasteiger partial charge in [0, 0.05) is 36.6 Å². The number of para-hydroxylation sites is 1. The highest BCUT2D eigenvalue weighted by Gasteiger charge is 2.11. The van der Waals surface area contributed by atoms with Gasteiger partial charge in [-0.25, -0.2) is 4.98 Å². The van der Waals surface area contributed by atoms with Crippen molar-refractivity contribution in [3.05, 3.63) is 103 Å². The molecule has 6 heteroatoms. The second-order valence-corrected chi connectivity index (χ2v) is 7.06. The summed E-state index contributed by atoms with van der Waals surface area (Å²) in [6, 6.07) is 25.6. The molecule has 0 amide bonds. The van der Waals surface area contributed by atoms with Gasteiger partial charge in [0.05, 0.1) is 6.20 Å². The number of hydrogen-bond acceptors (Lipinski definition) is 5. The Kier molecular flexibility index (Phi) is 5.26. The van der Waals surface area contributed by atoms with Crippen molar-refractivity contribution in [2.75, 3.05) is 11.9 Å². The molecule has 2 aromatic carbocycles. The minimum atomic E-state index is 0.761. The lowest BCUT2D eigenvalue weighted by Gasteiger charge is -2.08. The highest BCUT2D eigenvalue weighted by atomic mass is 16.5. The van der Waals surface area contributed by atoms with Crippen molar-refractivity contribution < 1.29 is 4.74 Å². The molecule has 5 rings (SSSR count). The zero-order valence-electron chi connectivity index (χ0n) is 16.8. The molecular formula is C25H21N5O. The second-order valence-electron chi connectivity index (χ2n) is 7.06. The van der Waals surface area contributed by atoms with Crippen LogP contribution in [-0.2, 0) is 6.42 Å². The maximum atomic E-state index is 5.89. The Labute approximate surface area is 180 Å². The molecule has 1 N–H and O–H groups in total. The lowest BCUT2D eigenvalue weighted by Crippen LogP contribution is -2.09. The average molecular weight is 407 g/mol. The quantitative estimate of drug-likeness (QED) is 0.400. The summed E-state index contributed by atoms with van der Waals surface area (Å²) in [5, 5.41) is 7.99. The fourth-order valence-electron chi connectivity index (χ4n) is 3.42. The number of rotatable bonds is 7. The van der Waals surface area contributed by atoms with Crippen molar-refractivity contribution in [2.24, 2.45) is 0 Å². The molecule has 0 saturated carbocycles.